The fourth-order valence-electron chi connectivity index (χ4n) is 0.967. The number of ether oxygens (including phenoxy) is 1. The Balaban J connectivity index is 3.79. The monoisotopic (exact) mass is 263 g/mol. The lowest BCUT2D eigenvalue weighted by Crippen LogP contribution is -2.29. The highest BCUT2D eigenvalue weighted by Gasteiger charge is 2.26. The predicted molar refractivity (Wildman–Crippen MR) is 67.7 cm³/mol. The molecule has 100 valence electrons. The van der Waals surface area contributed by atoms with Crippen LogP contribution in [0.25, 0.3) is 0 Å². The number of hydrogen-bond acceptors (Lipinski definition) is 5. The van der Waals surface area contributed by atoms with E-state index in [4.69, 9.17) is 4.74 Å². The first-order valence-corrected chi connectivity index (χ1v) is 5.95. The molecule has 6 heteroatoms. The molecule has 0 aliphatic carbocycles. The molecule has 17 heavy (non-hydrogen) atoms. The van der Waals surface area contributed by atoms with Gasteiger partial charge in [0.2, 0.25) is 0 Å². The van der Waals surface area contributed by atoms with E-state index in [1.165, 1.54) is 4.90 Å². The minimum Gasteiger partial charge on any atom is -0.465 e. The molecule has 0 saturated heterocycles. The van der Waals surface area contributed by atoms with Crippen LogP contribution in [0.5, 0.6) is 0 Å². The predicted octanol–water partition coefficient (Wildman–Crippen LogP) is 2.27. The molecular formula is C11H21NO4S. The summed E-state index contributed by atoms with van der Waals surface area (Å²) in [5.74, 6) is -0.209. The number of carbonyl (C=O) groups excluding carboxylic acids is 2. The van der Waals surface area contributed by atoms with Gasteiger partial charge in [0.25, 0.3) is 0 Å². The molecule has 0 aliphatic heterocycles. The lowest BCUT2D eigenvalue weighted by atomic mass is 9.91. The molecule has 0 heterocycles. The molecule has 0 rings (SSSR count). The van der Waals surface area contributed by atoms with Crippen molar-refractivity contribution in [1.29, 1.82) is 0 Å². The van der Waals surface area contributed by atoms with E-state index in [0.717, 1.165) is 6.42 Å². The van der Waals surface area contributed by atoms with Gasteiger partial charge in [0.15, 0.2) is 0 Å². The van der Waals surface area contributed by atoms with Crippen LogP contribution in [-0.2, 0) is 13.7 Å². The summed E-state index contributed by atoms with van der Waals surface area (Å²) in [5.41, 5.74) is -0.448. The Labute approximate surface area is 108 Å². The van der Waals surface area contributed by atoms with E-state index in [1.807, 2.05) is 20.8 Å². The zero-order chi connectivity index (χ0) is 13.5. The normalized spacial score (nSPS) is 10.9. The molecule has 1 amide bonds. The van der Waals surface area contributed by atoms with Crippen LogP contribution in [0.4, 0.5) is 4.79 Å². The van der Waals surface area contributed by atoms with E-state index in [9.17, 15) is 9.59 Å². The summed E-state index contributed by atoms with van der Waals surface area (Å²) in [7, 11) is 1.59. The third-order valence-electron chi connectivity index (χ3n) is 2.70. The first-order valence-electron chi connectivity index (χ1n) is 5.59. The Morgan fingerprint density at radius 1 is 1.35 bits per heavy atom. The van der Waals surface area contributed by atoms with Crippen molar-refractivity contribution in [2.45, 2.75) is 33.6 Å². The standard InChI is InChI=1S/C11H21NO4S/c1-5-11(2,3)9(13)15-8-6-7-12(4)10(14)16-17/h17H,5-8H2,1-4H3. The quantitative estimate of drug-likeness (QED) is 0.346. The average Bonchev–Trinajstić information content (AvgIpc) is 2.32. The van der Waals surface area contributed by atoms with Crippen molar-refractivity contribution in [3.63, 3.8) is 0 Å². The van der Waals surface area contributed by atoms with Gasteiger partial charge in [0.05, 0.1) is 12.0 Å². The van der Waals surface area contributed by atoms with Crippen molar-refractivity contribution in [2.24, 2.45) is 5.41 Å². The molecule has 0 fully saturated rings. The number of amides is 1. The molecule has 0 unspecified atom stereocenters. The van der Waals surface area contributed by atoms with Crippen molar-refractivity contribution in [1.82, 2.24) is 4.90 Å². The van der Waals surface area contributed by atoms with Gasteiger partial charge in [-0.3, -0.25) is 4.79 Å². The minimum atomic E-state index is -0.520. The summed E-state index contributed by atoms with van der Waals surface area (Å²) in [6.45, 7) is 6.39. The van der Waals surface area contributed by atoms with Gasteiger partial charge in [0.1, 0.15) is 0 Å². The first-order chi connectivity index (χ1) is 7.85. The Morgan fingerprint density at radius 3 is 2.41 bits per heavy atom. The van der Waals surface area contributed by atoms with Gasteiger partial charge in [-0.1, -0.05) is 6.92 Å². The van der Waals surface area contributed by atoms with Crippen LogP contribution < -0.4 is 0 Å². The zero-order valence-corrected chi connectivity index (χ0v) is 11.8. The second kappa shape index (κ2) is 7.42. The lowest BCUT2D eigenvalue weighted by Gasteiger charge is -2.20. The van der Waals surface area contributed by atoms with E-state index < -0.39 is 11.5 Å². The SMILES string of the molecule is CCC(C)(C)C(=O)OCCCN(C)C(=O)OS. The number of esters is 1. The fourth-order valence-corrected chi connectivity index (χ4v) is 1.11. The molecule has 0 aromatic rings. The number of hydrogen-bond donors (Lipinski definition) is 1. The molecule has 5 nitrogen and oxygen atoms in total. The maximum atomic E-state index is 11.6. The van der Waals surface area contributed by atoms with Crippen molar-refractivity contribution in [2.75, 3.05) is 20.2 Å². The summed E-state index contributed by atoms with van der Waals surface area (Å²) in [6, 6.07) is 0. The number of nitrogens with zero attached hydrogens (tertiary/aromatic N) is 1. The summed E-state index contributed by atoms with van der Waals surface area (Å²) in [6.07, 6.45) is 0.788. The van der Waals surface area contributed by atoms with Crippen LogP contribution in [0.1, 0.15) is 33.6 Å². The second-order valence-electron chi connectivity index (χ2n) is 4.51. The van der Waals surface area contributed by atoms with E-state index in [1.54, 1.807) is 7.05 Å². The van der Waals surface area contributed by atoms with E-state index in [0.29, 0.717) is 19.6 Å². The van der Waals surface area contributed by atoms with Crippen molar-refractivity contribution in [3.8, 4) is 0 Å². The van der Waals surface area contributed by atoms with Crippen LogP contribution in [0.2, 0.25) is 0 Å². The molecule has 0 saturated carbocycles. The smallest absolute Gasteiger partial charge is 0.421 e. The van der Waals surface area contributed by atoms with Crippen LogP contribution in [0.15, 0.2) is 0 Å². The first kappa shape index (κ1) is 16.1. The molecule has 0 spiro atoms. The van der Waals surface area contributed by atoms with Crippen LogP contribution >= 0.6 is 12.9 Å². The van der Waals surface area contributed by atoms with Crippen molar-refractivity contribution in [3.05, 3.63) is 0 Å². The van der Waals surface area contributed by atoms with Gasteiger partial charge in [-0.2, -0.15) is 0 Å². The van der Waals surface area contributed by atoms with Gasteiger partial charge in [0, 0.05) is 26.5 Å². The Morgan fingerprint density at radius 2 is 1.94 bits per heavy atom. The highest BCUT2D eigenvalue weighted by Crippen LogP contribution is 2.21. The van der Waals surface area contributed by atoms with Crippen LogP contribution in [0.3, 0.4) is 0 Å². The maximum absolute atomic E-state index is 11.6. The Kier molecular flexibility index (Phi) is 7.03. The van der Waals surface area contributed by atoms with Crippen LogP contribution in [-0.4, -0.2) is 37.2 Å². The van der Waals surface area contributed by atoms with Crippen LogP contribution in [0, 0.1) is 5.41 Å². The Bertz CT molecular complexity index is 268. The van der Waals surface area contributed by atoms with Gasteiger partial charge < -0.3 is 13.8 Å². The Hall–Kier alpha value is -0.910. The second-order valence-corrected chi connectivity index (χ2v) is 4.69. The maximum Gasteiger partial charge on any atom is 0.421 e. The number of rotatable bonds is 6. The van der Waals surface area contributed by atoms with Gasteiger partial charge in [-0.25, -0.2) is 4.79 Å². The van der Waals surface area contributed by atoms with E-state index in [2.05, 4.69) is 17.1 Å². The molecule has 0 aliphatic rings. The van der Waals surface area contributed by atoms with Crippen molar-refractivity contribution >= 4 is 25.0 Å². The summed E-state index contributed by atoms with van der Waals surface area (Å²) < 4.78 is 9.36. The summed E-state index contributed by atoms with van der Waals surface area (Å²) >= 11 is 3.41. The largest absolute Gasteiger partial charge is 0.465 e. The summed E-state index contributed by atoms with van der Waals surface area (Å²) in [5, 5.41) is 0. The molecule has 0 radical (unpaired) electrons. The third kappa shape index (κ3) is 5.81. The van der Waals surface area contributed by atoms with Gasteiger partial charge >= 0.3 is 12.1 Å². The average molecular weight is 263 g/mol. The zero-order valence-electron chi connectivity index (χ0n) is 10.9. The topological polar surface area (TPSA) is 55.8 Å². The summed E-state index contributed by atoms with van der Waals surface area (Å²) in [4.78, 5) is 23.9. The van der Waals surface area contributed by atoms with Crippen molar-refractivity contribution < 1.29 is 18.5 Å². The minimum absolute atomic E-state index is 0.209. The molecule has 0 atom stereocenters. The molecular weight excluding hydrogens is 242 g/mol. The highest BCUT2D eigenvalue weighted by molar-refractivity contribution is 7.75. The van der Waals surface area contributed by atoms with E-state index >= 15 is 0 Å². The molecule has 0 N–H and O–H groups in total. The number of carbonyl (C=O) groups is 2. The molecule has 0 aromatic carbocycles. The number of thiol groups is 1. The van der Waals surface area contributed by atoms with Gasteiger partial charge in [-0.15, -0.1) is 0 Å². The third-order valence-corrected chi connectivity index (χ3v) is 2.85. The fraction of sp³-hybridized carbons (Fsp3) is 0.818. The molecule has 0 aromatic heterocycles. The van der Waals surface area contributed by atoms with E-state index in [-0.39, 0.29) is 5.97 Å². The molecule has 0 bridgehead atoms. The van der Waals surface area contributed by atoms with Gasteiger partial charge in [-0.05, 0) is 26.7 Å². The lowest BCUT2D eigenvalue weighted by molar-refractivity contribution is -0.154. The highest BCUT2D eigenvalue weighted by atomic mass is 32.1.